The van der Waals surface area contributed by atoms with Crippen LogP contribution in [0.3, 0.4) is 0 Å². The second kappa shape index (κ2) is 7.41. The van der Waals surface area contributed by atoms with E-state index in [1.807, 2.05) is 24.3 Å². The van der Waals surface area contributed by atoms with Gasteiger partial charge >= 0.3 is 0 Å². The first-order valence-corrected chi connectivity index (χ1v) is 9.14. The van der Waals surface area contributed by atoms with Gasteiger partial charge in [0.15, 0.2) is 0 Å². The Balaban J connectivity index is 1.46. The molecule has 1 fully saturated rings. The van der Waals surface area contributed by atoms with Gasteiger partial charge in [-0.2, -0.15) is 0 Å². The molecule has 4 rings (SSSR count). The number of benzene rings is 1. The number of hydrogen-bond donors (Lipinski definition) is 1. The van der Waals surface area contributed by atoms with Gasteiger partial charge in [-0.15, -0.1) is 0 Å². The van der Waals surface area contributed by atoms with Crippen LogP contribution in [0.4, 0.5) is 0 Å². The van der Waals surface area contributed by atoms with Crippen LogP contribution in [0, 0.1) is 0 Å². The lowest BCUT2D eigenvalue weighted by Gasteiger charge is -2.44. The third kappa shape index (κ3) is 3.70. The molecule has 0 radical (unpaired) electrons. The van der Waals surface area contributed by atoms with Crippen LogP contribution in [0.25, 0.3) is 0 Å². The van der Waals surface area contributed by atoms with Crippen molar-refractivity contribution in [3.63, 3.8) is 0 Å². The molecule has 2 aromatic rings. The van der Waals surface area contributed by atoms with Crippen molar-refractivity contribution in [2.75, 3.05) is 13.2 Å². The highest BCUT2D eigenvalue weighted by molar-refractivity contribution is 5.76. The second-order valence-electron chi connectivity index (χ2n) is 6.96. The number of carbonyl (C=O) groups is 1. The molecule has 0 saturated carbocycles. The number of fused-ring (bicyclic) bond motifs is 1. The highest BCUT2D eigenvalue weighted by atomic mass is 16.5. The Kier molecular flexibility index (Phi) is 4.84. The van der Waals surface area contributed by atoms with Gasteiger partial charge in [0.2, 0.25) is 5.91 Å². The summed E-state index contributed by atoms with van der Waals surface area (Å²) in [5.74, 6) is 0.902. The number of aromatic nitrogens is 2. The zero-order chi connectivity index (χ0) is 17.8. The highest BCUT2D eigenvalue weighted by Crippen LogP contribution is 2.43. The summed E-state index contributed by atoms with van der Waals surface area (Å²) in [6, 6.07) is 7.96. The Morgan fingerprint density at radius 2 is 2.08 bits per heavy atom. The van der Waals surface area contributed by atoms with Crippen molar-refractivity contribution >= 4 is 5.91 Å². The molecule has 1 saturated heterocycles. The van der Waals surface area contributed by atoms with Crippen molar-refractivity contribution in [1.82, 2.24) is 15.3 Å². The summed E-state index contributed by atoms with van der Waals surface area (Å²) in [6.07, 6.45) is 8.46. The first kappa shape index (κ1) is 17.0. The standard InChI is InChI=1S/C20H23N3O3/c24-19(6-5-15-14-21-9-10-22-15)23-17-13-20(7-11-25-12-8-20)26-18-4-2-1-3-16(17)18/h1-4,9-10,14,17H,5-8,11-13H2,(H,23,24). The van der Waals surface area contributed by atoms with Crippen molar-refractivity contribution < 1.29 is 14.3 Å². The molecule has 1 aromatic carbocycles. The molecule has 0 bridgehead atoms. The lowest BCUT2D eigenvalue weighted by atomic mass is 9.82. The number of carbonyl (C=O) groups excluding carboxylic acids is 1. The molecular weight excluding hydrogens is 330 g/mol. The Labute approximate surface area is 153 Å². The van der Waals surface area contributed by atoms with Gasteiger partial charge in [0, 0.05) is 49.8 Å². The summed E-state index contributed by atoms with van der Waals surface area (Å²) >= 11 is 0. The van der Waals surface area contributed by atoms with E-state index in [9.17, 15) is 4.79 Å². The minimum absolute atomic E-state index is 0.0274. The van der Waals surface area contributed by atoms with E-state index in [1.54, 1.807) is 18.6 Å². The fraction of sp³-hybridized carbons (Fsp3) is 0.450. The summed E-state index contributed by atoms with van der Waals surface area (Å²) < 4.78 is 11.9. The van der Waals surface area contributed by atoms with Crippen molar-refractivity contribution in [3.05, 3.63) is 54.1 Å². The zero-order valence-corrected chi connectivity index (χ0v) is 14.7. The largest absolute Gasteiger partial charge is 0.487 e. The molecule has 26 heavy (non-hydrogen) atoms. The fourth-order valence-corrected chi connectivity index (χ4v) is 3.76. The number of nitrogens with zero attached hydrogens (tertiary/aromatic N) is 2. The number of aryl methyl sites for hydroxylation is 1. The van der Waals surface area contributed by atoms with E-state index in [4.69, 9.17) is 9.47 Å². The molecule has 136 valence electrons. The maximum atomic E-state index is 12.5. The quantitative estimate of drug-likeness (QED) is 0.915. The Bertz CT molecular complexity index is 760. The van der Waals surface area contributed by atoms with E-state index in [1.165, 1.54) is 0 Å². The van der Waals surface area contributed by atoms with Crippen molar-refractivity contribution in [3.8, 4) is 5.75 Å². The van der Waals surface area contributed by atoms with Gasteiger partial charge < -0.3 is 14.8 Å². The smallest absolute Gasteiger partial charge is 0.220 e. The maximum absolute atomic E-state index is 12.5. The predicted octanol–water partition coefficient (Wildman–Crippen LogP) is 2.60. The maximum Gasteiger partial charge on any atom is 0.220 e. The van der Waals surface area contributed by atoms with E-state index < -0.39 is 0 Å². The molecule has 6 heteroatoms. The topological polar surface area (TPSA) is 73.3 Å². The molecule has 6 nitrogen and oxygen atoms in total. The summed E-state index contributed by atoms with van der Waals surface area (Å²) in [5, 5.41) is 3.21. The number of ether oxygens (including phenoxy) is 2. The predicted molar refractivity (Wildman–Crippen MR) is 95.7 cm³/mol. The van der Waals surface area contributed by atoms with E-state index >= 15 is 0 Å². The average Bonchev–Trinajstić information content (AvgIpc) is 2.68. The second-order valence-corrected chi connectivity index (χ2v) is 6.96. The lowest BCUT2D eigenvalue weighted by molar-refractivity contribution is -0.123. The van der Waals surface area contributed by atoms with Crippen LogP contribution >= 0.6 is 0 Å². The average molecular weight is 353 g/mol. The van der Waals surface area contributed by atoms with E-state index in [0.717, 1.165) is 36.3 Å². The van der Waals surface area contributed by atoms with Gasteiger partial charge in [-0.05, 0) is 12.5 Å². The van der Waals surface area contributed by atoms with Crippen LogP contribution < -0.4 is 10.1 Å². The number of hydrogen-bond acceptors (Lipinski definition) is 5. The molecule has 1 atom stereocenters. The van der Waals surface area contributed by atoms with Crippen LogP contribution in [0.2, 0.25) is 0 Å². The van der Waals surface area contributed by atoms with Gasteiger partial charge in [-0.1, -0.05) is 18.2 Å². The zero-order valence-electron chi connectivity index (χ0n) is 14.7. The van der Waals surface area contributed by atoms with Crippen molar-refractivity contribution in [1.29, 1.82) is 0 Å². The van der Waals surface area contributed by atoms with Crippen molar-refractivity contribution in [2.45, 2.75) is 43.7 Å². The van der Waals surface area contributed by atoms with E-state index in [2.05, 4.69) is 15.3 Å². The van der Waals surface area contributed by atoms with Crippen molar-refractivity contribution in [2.24, 2.45) is 0 Å². The van der Waals surface area contributed by atoms with Gasteiger partial charge in [0.1, 0.15) is 11.4 Å². The molecular formula is C20H23N3O3. The van der Waals surface area contributed by atoms with Crippen LogP contribution in [-0.2, 0) is 16.0 Å². The lowest BCUT2D eigenvalue weighted by Crippen LogP contribution is -2.48. The molecule has 1 N–H and O–H groups in total. The summed E-state index contributed by atoms with van der Waals surface area (Å²) in [5.41, 5.74) is 1.64. The van der Waals surface area contributed by atoms with E-state index in [0.29, 0.717) is 26.1 Å². The number of rotatable bonds is 4. The number of amides is 1. The number of para-hydroxylation sites is 1. The van der Waals surface area contributed by atoms with Gasteiger partial charge in [0.05, 0.1) is 24.9 Å². The van der Waals surface area contributed by atoms with Gasteiger partial charge in [0.25, 0.3) is 0 Å². The monoisotopic (exact) mass is 353 g/mol. The fourth-order valence-electron chi connectivity index (χ4n) is 3.76. The van der Waals surface area contributed by atoms with E-state index in [-0.39, 0.29) is 17.6 Å². The Morgan fingerprint density at radius 3 is 2.88 bits per heavy atom. The Hall–Kier alpha value is -2.47. The van der Waals surface area contributed by atoms with Crippen LogP contribution in [0.5, 0.6) is 5.75 Å². The molecule has 2 aliphatic rings. The minimum Gasteiger partial charge on any atom is -0.487 e. The van der Waals surface area contributed by atoms with Crippen LogP contribution in [0.15, 0.2) is 42.9 Å². The molecule has 1 unspecified atom stereocenters. The van der Waals surface area contributed by atoms with Crippen LogP contribution in [0.1, 0.15) is 43.0 Å². The molecule has 0 aliphatic carbocycles. The van der Waals surface area contributed by atoms with Gasteiger partial charge in [-0.25, -0.2) is 0 Å². The summed E-state index contributed by atoms with van der Waals surface area (Å²) in [7, 11) is 0. The molecule has 2 aliphatic heterocycles. The first-order valence-electron chi connectivity index (χ1n) is 9.14. The Morgan fingerprint density at radius 1 is 1.23 bits per heavy atom. The molecule has 3 heterocycles. The minimum atomic E-state index is -0.241. The molecule has 1 spiro atoms. The third-order valence-electron chi connectivity index (χ3n) is 5.16. The normalized spacial score (nSPS) is 20.8. The third-order valence-corrected chi connectivity index (χ3v) is 5.16. The SMILES string of the molecule is O=C(CCc1cnccn1)NC1CC2(CCOCC2)Oc2ccccc21. The number of nitrogens with one attached hydrogen (secondary N) is 1. The summed E-state index contributed by atoms with van der Waals surface area (Å²) in [4.78, 5) is 20.8. The van der Waals surface area contributed by atoms with Gasteiger partial charge in [-0.3, -0.25) is 14.8 Å². The first-order chi connectivity index (χ1) is 12.7. The molecule has 1 amide bonds. The summed E-state index contributed by atoms with van der Waals surface area (Å²) in [6.45, 7) is 1.41. The molecule has 1 aromatic heterocycles. The van der Waals surface area contributed by atoms with Crippen LogP contribution in [-0.4, -0.2) is 34.7 Å². The highest BCUT2D eigenvalue weighted by Gasteiger charge is 2.42.